The van der Waals surface area contributed by atoms with Crippen LogP contribution in [-0.4, -0.2) is 17.3 Å². The predicted octanol–water partition coefficient (Wildman–Crippen LogP) is 11.5. The number of anilines is 3. The molecule has 0 N–H and O–H groups in total. The molecule has 0 amide bonds. The molecule has 0 spiro atoms. The molecule has 1 heterocycles. The van der Waals surface area contributed by atoms with Crippen LogP contribution in [0.25, 0.3) is 0 Å². The summed E-state index contributed by atoms with van der Waals surface area (Å²) >= 11 is 0. The summed E-state index contributed by atoms with van der Waals surface area (Å²) in [4.78, 5) is 45.8. The number of fused-ring (bicyclic) bond motifs is 4. The lowest BCUT2D eigenvalue weighted by molar-refractivity contribution is -0.117. The predicted molar refractivity (Wildman–Crippen MR) is 214 cm³/mol. The molecule has 0 atom stereocenters. The normalized spacial score (nSPS) is 18.7. The maximum atomic E-state index is 14.1. The minimum Gasteiger partial charge on any atom is -0.313 e. The highest BCUT2D eigenvalue weighted by Gasteiger charge is 2.37. The minimum absolute atomic E-state index is 0.00778. The van der Waals surface area contributed by atoms with Crippen LogP contribution in [0.15, 0.2) is 151 Å². The molecule has 5 nitrogen and oxygen atoms in total. The smallest absolute Gasteiger partial charge is 0.193 e. The van der Waals surface area contributed by atoms with Gasteiger partial charge in [-0.25, -0.2) is 0 Å². The monoisotopic (exact) mass is 678 g/mol. The largest absolute Gasteiger partial charge is 0.313 e. The van der Waals surface area contributed by atoms with E-state index >= 15 is 0 Å². The first kappa shape index (κ1) is 38.3. The van der Waals surface area contributed by atoms with Gasteiger partial charge in [-0.2, -0.15) is 0 Å². The number of nitrogens with zero attached hydrogens (tertiary/aromatic N) is 2. The van der Waals surface area contributed by atoms with Gasteiger partial charge in [0.25, 0.3) is 0 Å². The highest BCUT2D eigenvalue weighted by Crippen LogP contribution is 2.50. The van der Waals surface area contributed by atoms with E-state index in [1.54, 1.807) is 12.2 Å². The van der Waals surface area contributed by atoms with E-state index in [2.05, 4.69) is 34.6 Å². The van der Waals surface area contributed by atoms with Gasteiger partial charge in [-0.1, -0.05) is 133 Å². The second-order valence-corrected chi connectivity index (χ2v) is 11.4. The van der Waals surface area contributed by atoms with Crippen molar-refractivity contribution in [1.82, 2.24) is 0 Å². The van der Waals surface area contributed by atoms with Crippen molar-refractivity contribution in [2.75, 3.05) is 9.80 Å². The topological polar surface area (TPSA) is 57.7 Å². The minimum atomic E-state index is -0.171. The van der Waals surface area contributed by atoms with E-state index in [1.165, 1.54) is 6.08 Å². The zero-order chi connectivity index (χ0) is 36.9. The van der Waals surface area contributed by atoms with Crippen molar-refractivity contribution in [2.24, 2.45) is 0 Å². The summed E-state index contributed by atoms with van der Waals surface area (Å²) in [6.45, 7) is 16.0. The lowest BCUT2D eigenvalue weighted by Gasteiger charge is -2.41. The molecule has 3 aromatic carbocycles. The van der Waals surface area contributed by atoms with Crippen LogP contribution in [0.4, 0.5) is 17.1 Å². The lowest BCUT2D eigenvalue weighted by atomic mass is 9.82. The number of benzene rings is 3. The first-order valence-electron chi connectivity index (χ1n) is 18.3. The second-order valence-electron chi connectivity index (χ2n) is 11.4. The Labute approximate surface area is 304 Å². The molecule has 3 aliphatic carbocycles. The number of para-hydroxylation sites is 1. The number of Topliss-reactive ketones (excluding diaryl/α,β-unsaturated/α-hetero) is 2. The van der Waals surface area contributed by atoms with Crippen LogP contribution in [0, 0.1) is 0 Å². The van der Waals surface area contributed by atoms with Gasteiger partial charge in [0.2, 0.25) is 0 Å². The molecular weight excluding hydrogens is 629 g/mol. The summed E-state index contributed by atoms with van der Waals surface area (Å²) in [6.07, 6.45) is 19.8. The molecule has 3 aromatic rings. The summed E-state index contributed by atoms with van der Waals surface area (Å²) in [6, 6.07) is 21.5. The van der Waals surface area contributed by atoms with Crippen LogP contribution in [0.3, 0.4) is 0 Å². The number of allylic oxidation sites excluding steroid dienone is 10. The average molecular weight is 679 g/mol. The number of hydrogen-bond donors (Lipinski definition) is 0. The molecule has 0 saturated carbocycles. The third-order valence-electron chi connectivity index (χ3n) is 8.68. The number of rotatable bonds is 4. The van der Waals surface area contributed by atoms with E-state index in [0.29, 0.717) is 28.8 Å². The van der Waals surface area contributed by atoms with Gasteiger partial charge in [0.05, 0.1) is 22.6 Å². The number of carbonyl (C=O) groups excluding carboxylic acids is 3. The van der Waals surface area contributed by atoms with Crippen molar-refractivity contribution in [3.05, 3.63) is 173 Å². The van der Waals surface area contributed by atoms with Gasteiger partial charge in [0, 0.05) is 53.5 Å². The number of hydrogen-bond acceptors (Lipinski definition) is 5. The summed E-state index contributed by atoms with van der Waals surface area (Å²) in [7, 11) is 0. The fourth-order valence-corrected chi connectivity index (χ4v) is 6.59. The van der Waals surface area contributed by atoms with Crippen LogP contribution in [-0.2, 0) is 16.0 Å². The van der Waals surface area contributed by atoms with Crippen molar-refractivity contribution in [1.29, 1.82) is 0 Å². The fourth-order valence-electron chi connectivity index (χ4n) is 6.59. The summed E-state index contributed by atoms with van der Waals surface area (Å²) in [5.74, 6) is -0.334. The lowest BCUT2D eigenvalue weighted by Crippen LogP contribution is -2.34. The molecule has 5 heteroatoms. The first-order chi connectivity index (χ1) is 25.1. The molecule has 0 bridgehead atoms. The molecule has 1 aliphatic heterocycles. The summed E-state index contributed by atoms with van der Waals surface area (Å²) in [5.41, 5.74) is 8.05. The number of carbonyl (C=O) groups is 3. The van der Waals surface area contributed by atoms with Crippen molar-refractivity contribution in [3.8, 4) is 0 Å². The quantitative estimate of drug-likeness (QED) is 0.215. The molecule has 0 radical (unpaired) electrons. The third-order valence-corrected chi connectivity index (χ3v) is 8.68. The van der Waals surface area contributed by atoms with Gasteiger partial charge in [-0.15, -0.1) is 0 Å². The van der Waals surface area contributed by atoms with Crippen LogP contribution >= 0.6 is 0 Å². The molecule has 0 saturated heterocycles. The Morgan fingerprint density at radius 3 is 2.04 bits per heavy atom. The Morgan fingerprint density at radius 1 is 0.706 bits per heavy atom. The van der Waals surface area contributed by atoms with Gasteiger partial charge < -0.3 is 9.80 Å². The van der Waals surface area contributed by atoms with Gasteiger partial charge in [0.1, 0.15) is 0 Å². The van der Waals surface area contributed by atoms with E-state index in [4.69, 9.17) is 0 Å². The highest BCUT2D eigenvalue weighted by atomic mass is 16.1. The van der Waals surface area contributed by atoms with Gasteiger partial charge >= 0.3 is 0 Å². The molecule has 0 aromatic heterocycles. The van der Waals surface area contributed by atoms with E-state index in [-0.39, 0.29) is 30.2 Å². The maximum absolute atomic E-state index is 14.1. The average Bonchev–Trinajstić information content (AvgIpc) is 3.20. The van der Waals surface area contributed by atoms with Gasteiger partial charge in [0.15, 0.2) is 17.3 Å². The zero-order valence-electron chi connectivity index (χ0n) is 30.9. The Balaban J connectivity index is 0.000000925. The van der Waals surface area contributed by atoms with Crippen LogP contribution in [0.5, 0.6) is 0 Å². The summed E-state index contributed by atoms with van der Waals surface area (Å²) in [5, 5.41) is 0. The van der Waals surface area contributed by atoms with Crippen LogP contribution in [0.1, 0.15) is 94.3 Å². The molecule has 51 heavy (non-hydrogen) atoms. The van der Waals surface area contributed by atoms with Crippen molar-refractivity contribution >= 4 is 34.4 Å². The number of ketones is 3. The van der Waals surface area contributed by atoms with E-state index < -0.39 is 0 Å². The maximum Gasteiger partial charge on any atom is 0.193 e. The molecule has 0 unspecified atom stereocenters. The Kier molecular flexibility index (Phi) is 13.8. The molecule has 262 valence electrons. The van der Waals surface area contributed by atoms with Gasteiger partial charge in [-0.3, -0.25) is 14.4 Å². The van der Waals surface area contributed by atoms with E-state index in [9.17, 15) is 14.4 Å². The fraction of sp³-hybridized carbons (Fsp3) is 0.239. The SMILES string of the molecule is C=C/C1=C(\C2=CN(C3=CCCC=C3)c3c(ccc4c3Cc3ccccc3C4=O)N2c2ccccc2)C(=O)C/C=C\C=C/CC1=O.CC.CC.CC. The van der Waals surface area contributed by atoms with Crippen molar-refractivity contribution in [2.45, 2.75) is 73.6 Å². The molecule has 4 aliphatic rings. The Bertz CT molecular complexity index is 1950. The molecule has 0 fully saturated rings. The van der Waals surface area contributed by atoms with Crippen LogP contribution < -0.4 is 9.80 Å². The molecular formula is C46H50N2O3. The first-order valence-corrected chi connectivity index (χ1v) is 18.3. The Hall–Kier alpha value is -5.55. The molecule has 7 rings (SSSR count). The van der Waals surface area contributed by atoms with Crippen molar-refractivity contribution in [3.63, 3.8) is 0 Å². The van der Waals surface area contributed by atoms with E-state index in [1.807, 2.05) is 127 Å². The summed E-state index contributed by atoms with van der Waals surface area (Å²) < 4.78 is 0. The van der Waals surface area contributed by atoms with Crippen molar-refractivity contribution < 1.29 is 14.4 Å². The third kappa shape index (κ3) is 7.78. The van der Waals surface area contributed by atoms with Crippen LogP contribution in [0.2, 0.25) is 0 Å². The highest BCUT2D eigenvalue weighted by molar-refractivity contribution is 6.16. The Morgan fingerprint density at radius 2 is 1.37 bits per heavy atom. The van der Waals surface area contributed by atoms with E-state index in [0.717, 1.165) is 52.3 Å². The standard InChI is InChI=1S/C40H32N2O3.3C2H6/c1-2-30-36(43)21-11-3-4-12-22-37(44)38(30)35-26-41(28-16-7-5-8-17-28)39-33-25-27-15-13-14-20-31(27)40(45)32(33)23-24-34(39)42(35)29-18-9-6-10-19-29;3*1-2/h2-4,6-7,9-20,23-24,26H,1,5,8,21-22,25H2;3*1-2H3/b11-3-,12-4-,38-30-;;;. The zero-order valence-corrected chi connectivity index (χ0v) is 30.9. The van der Waals surface area contributed by atoms with Gasteiger partial charge in [-0.05, 0) is 54.3 Å². The second kappa shape index (κ2) is 18.4.